The normalized spacial score (nSPS) is 16.3. The van der Waals surface area contributed by atoms with Crippen molar-refractivity contribution >= 4 is 38.8 Å². The summed E-state index contributed by atoms with van der Waals surface area (Å²) in [5.74, 6) is -4.23. The number of halogens is 5. The number of anilines is 2. The largest absolute Gasteiger partial charge is 0.493 e. The van der Waals surface area contributed by atoms with Gasteiger partial charge in [-0.2, -0.15) is 21.6 Å². The summed E-state index contributed by atoms with van der Waals surface area (Å²) in [6.07, 6.45) is -4.72. The van der Waals surface area contributed by atoms with Crippen LogP contribution in [0.5, 0.6) is 0 Å². The highest BCUT2D eigenvalue weighted by atomic mass is 32.2. The first-order chi connectivity index (χ1) is 18.3. The van der Waals surface area contributed by atoms with Gasteiger partial charge in [-0.1, -0.05) is 4.47 Å². The fraction of sp³-hybridized carbons (Fsp3) is 0.333. The average Bonchev–Trinajstić information content (AvgIpc) is 3.56. The monoisotopic (exact) mass is 590 g/mol. The first-order valence-electron chi connectivity index (χ1n) is 11.5. The standard InChI is InChI=1S/C24H23F5N4O4S2/c1-15-9-19(39(35,36)33(22-13-38-14-30-22)37-23(34)24(27,28)29)4-6-21(15)31(2)18-7-8-32(12-18)11-16-10-17(25)3-5-20(16)26/h3-6,9-10,13-14,18H,7-8,11-12H2,1-2H3/t18-/m0/s1. The lowest BCUT2D eigenvalue weighted by Crippen LogP contribution is -2.39. The lowest BCUT2D eigenvalue weighted by molar-refractivity contribution is -0.199. The molecule has 39 heavy (non-hydrogen) atoms. The number of thiazole rings is 1. The zero-order valence-electron chi connectivity index (χ0n) is 20.7. The minimum atomic E-state index is -5.43. The lowest BCUT2D eigenvalue weighted by atomic mass is 10.1. The lowest BCUT2D eigenvalue weighted by Gasteiger charge is -2.29. The van der Waals surface area contributed by atoms with Crippen LogP contribution in [0.15, 0.2) is 52.2 Å². The first kappa shape index (κ1) is 28.7. The van der Waals surface area contributed by atoms with E-state index in [1.54, 1.807) is 14.0 Å². The van der Waals surface area contributed by atoms with Crippen LogP contribution in [-0.4, -0.2) is 56.6 Å². The van der Waals surface area contributed by atoms with Crippen molar-refractivity contribution in [3.05, 3.63) is 70.1 Å². The van der Waals surface area contributed by atoms with E-state index in [1.165, 1.54) is 23.7 Å². The van der Waals surface area contributed by atoms with Crippen molar-refractivity contribution in [3.8, 4) is 0 Å². The van der Waals surface area contributed by atoms with Crippen molar-refractivity contribution in [2.24, 2.45) is 0 Å². The van der Waals surface area contributed by atoms with Crippen LogP contribution in [0.4, 0.5) is 33.5 Å². The molecule has 8 nitrogen and oxygen atoms in total. The molecule has 1 fully saturated rings. The molecule has 3 aromatic rings. The van der Waals surface area contributed by atoms with E-state index in [0.717, 1.165) is 34.9 Å². The van der Waals surface area contributed by atoms with Gasteiger partial charge < -0.3 is 9.74 Å². The Balaban J connectivity index is 1.52. The molecule has 2 heterocycles. The van der Waals surface area contributed by atoms with Gasteiger partial charge in [0.25, 0.3) is 10.0 Å². The van der Waals surface area contributed by atoms with Crippen LogP contribution in [0.25, 0.3) is 0 Å². The Morgan fingerprint density at radius 2 is 1.95 bits per heavy atom. The summed E-state index contributed by atoms with van der Waals surface area (Å²) >= 11 is 0.900. The zero-order chi connectivity index (χ0) is 28.5. The van der Waals surface area contributed by atoms with Crippen LogP contribution in [-0.2, 0) is 26.2 Å². The summed E-state index contributed by atoms with van der Waals surface area (Å²) in [4.78, 5) is 22.8. The Bertz CT molecular complexity index is 1450. The van der Waals surface area contributed by atoms with E-state index in [9.17, 15) is 35.2 Å². The van der Waals surface area contributed by atoms with Gasteiger partial charge in [-0.25, -0.2) is 18.6 Å². The van der Waals surface area contributed by atoms with Gasteiger partial charge in [-0.05, 0) is 55.3 Å². The molecule has 1 aliphatic rings. The molecule has 0 bridgehead atoms. The van der Waals surface area contributed by atoms with Crippen molar-refractivity contribution in [1.82, 2.24) is 9.88 Å². The molecule has 1 aromatic heterocycles. The summed E-state index contributed by atoms with van der Waals surface area (Å²) in [5, 5.41) is 1.12. The maximum absolute atomic E-state index is 14.1. The molecule has 0 radical (unpaired) electrons. The molecule has 4 rings (SSSR count). The number of rotatable bonds is 8. The molecule has 0 unspecified atom stereocenters. The van der Waals surface area contributed by atoms with Gasteiger partial charge in [0.05, 0.1) is 10.4 Å². The number of hydrogen-bond donors (Lipinski definition) is 0. The Morgan fingerprint density at radius 1 is 1.21 bits per heavy atom. The van der Waals surface area contributed by atoms with Gasteiger partial charge in [0, 0.05) is 49.4 Å². The molecule has 0 aliphatic carbocycles. The smallest absolute Gasteiger partial charge is 0.370 e. The predicted octanol–water partition coefficient (Wildman–Crippen LogP) is 4.66. The number of carbonyl (C=O) groups is 1. The highest BCUT2D eigenvalue weighted by molar-refractivity contribution is 7.92. The van der Waals surface area contributed by atoms with Crippen LogP contribution in [0.3, 0.4) is 0 Å². The first-order valence-corrected chi connectivity index (χ1v) is 13.9. The van der Waals surface area contributed by atoms with E-state index >= 15 is 0 Å². The number of likely N-dealkylation sites (tertiary alicyclic amines) is 1. The van der Waals surface area contributed by atoms with Gasteiger partial charge in [0.1, 0.15) is 11.6 Å². The number of carbonyl (C=O) groups excluding carboxylic acids is 1. The molecule has 0 N–H and O–H groups in total. The highest BCUT2D eigenvalue weighted by Gasteiger charge is 2.45. The molecule has 0 saturated carbocycles. The fourth-order valence-electron chi connectivity index (χ4n) is 4.30. The quantitative estimate of drug-likeness (QED) is 0.279. The summed E-state index contributed by atoms with van der Waals surface area (Å²) in [6.45, 7) is 3.03. The van der Waals surface area contributed by atoms with Gasteiger partial charge in [0.2, 0.25) is 0 Å². The third-order valence-corrected chi connectivity index (χ3v) is 8.39. The third-order valence-electron chi connectivity index (χ3n) is 6.26. The second kappa shape index (κ2) is 11.1. The average molecular weight is 591 g/mol. The van der Waals surface area contributed by atoms with E-state index in [4.69, 9.17) is 0 Å². The van der Waals surface area contributed by atoms with Gasteiger partial charge in [0.15, 0.2) is 5.82 Å². The zero-order valence-corrected chi connectivity index (χ0v) is 22.3. The molecular weight excluding hydrogens is 567 g/mol. The SMILES string of the molecule is Cc1cc(S(=O)(=O)N(OC(=O)C(F)(F)F)c2cscn2)ccc1N(C)[C@H]1CCN(Cc2cc(F)ccc2F)C1. The topological polar surface area (TPSA) is 83.0 Å². The Kier molecular flexibility index (Phi) is 8.14. The Morgan fingerprint density at radius 3 is 2.59 bits per heavy atom. The van der Waals surface area contributed by atoms with Crippen LogP contribution in [0, 0.1) is 18.6 Å². The summed E-state index contributed by atoms with van der Waals surface area (Å²) < 4.78 is 92.4. The molecule has 2 aromatic carbocycles. The molecule has 1 atom stereocenters. The second-order valence-corrected chi connectivity index (χ2v) is 11.4. The molecule has 0 spiro atoms. The number of aromatic nitrogens is 1. The van der Waals surface area contributed by atoms with Crippen LogP contribution < -0.4 is 9.37 Å². The van der Waals surface area contributed by atoms with Crippen molar-refractivity contribution in [2.75, 3.05) is 29.5 Å². The minimum absolute atomic E-state index is 0.0259. The summed E-state index contributed by atoms with van der Waals surface area (Å²) in [5.41, 5.74) is 2.58. The maximum Gasteiger partial charge on any atom is 0.493 e. The van der Waals surface area contributed by atoms with Gasteiger partial charge in [-0.15, -0.1) is 11.3 Å². The highest BCUT2D eigenvalue weighted by Crippen LogP contribution is 2.31. The number of aryl methyl sites for hydroxylation is 1. The number of alkyl halides is 3. The Hall–Kier alpha value is -3.30. The number of hydrogen-bond acceptors (Lipinski definition) is 8. The van der Waals surface area contributed by atoms with E-state index in [0.29, 0.717) is 30.8 Å². The van der Waals surface area contributed by atoms with Crippen molar-refractivity contribution < 1.29 is 40.0 Å². The van der Waals surface area contributed by atoms with Crippen molar-refractivity contribution in [3.63, 3.8) is 0 Å². The van der Waals surface area contributed by atoms with Gasteiger partial charge >= 0.3 is 12.1 Å². The molecule has 1 aliphatic heterocycles. The molecular formula is C24H23F5N4O4S2. The summed E-state index contributed by atoms with van der Waals surface area (Å²) in [7, 11) is -2.97. The van der Waals surface area contributed by atoms with Crippen LogP contribution in [0.1, 0.15) is 17.5 Å². The van der Waals surface area contributed by atoms with Gasteiger partial charge in [-0.3, -0.25) is 4.90 Å². The van der Waals surface area contributed by atoms with E-state index in [2.05, 4.69) is 9.82 Å². The molecule has 0 amide bonds. The molecule has 210 valence electrons. The number of sulfonamides is 1. The van der Waals surface area contributed by atoms with Crippen molar-refractivity contribution in [2.45, 2.75) is 37.0 Å². The minimum Gasteiger partial charge on any atom is -0.370 e. The number of likely N-dealkylation sites (N-methyl/N-ethyl adjacent to an activating group) is 1. The van der Waals surface area contributed by atoms with Crippen LogP contribution >= 0.6 is 11.3 Å². The fourth-order valence-corrected chi connectivity index (χ4v) is 6.14. The summed E-state index contributed by atoms with van der Waals surface area (Å²) in [6, 6.07) is 7.24. The van der Waals surface area contributed by atoms with E-state index in [-0.39, 0.29) is 22.6 Å². The Labute approximate surface area is 225 Å². The van der Waals surface area contributed by atoms with E-state index < -0.39 is 44.5 Å². The molecule has 15 heteroatoms. The van der Waals surface area contributed by atoms with Crippen molar-refractivity contribution in [1.29, 1.82) is 0 Å². The van der Waals surface area contributed by atoms with Crippen LogP contribution in [0.2, 0.25) is 0 Å². The third kappa shape index (κ3) is 6.31. The van der Waals surface area contributed by atoms with E-state index in [1.807, 2.05) is 9.80 Å². The second-order valence-electron chi connectivity index (χ2n) is 8.93. The maximum atomic E-state index is 14.1. The number of benzene rings is 2. The number of nitrogens with zero attached hydrogens (tertiary/aromatic N) is 4. The molecule has 1 saturated heterocycles. The predicted molar refractivity (Wildman–Crippen MR) is 134 cm³/mol.